The standard InChI is InChI=1S/C30H34N2O4S/c1-6-36-29(34)20-10-13-22(14-11-20)32-27(33)26-24-15-12-21(30(2,3)4)17-25(24)37-28(26)31-18-19-8-7-9-23(16-19)35-5/h7-11,13-14,16,18,21H,6,12,15,17H2,1-5H3,(H,32,33). The number of hydrogen-bond acceptors (Lipinski definition) is 6. The molecular formula is C30H34N2O4S. The van der Waals surface area contributed by atoms with Crippen LogP contribution >= 0.6 is 11.3 Å². The minimum atomic E-state index is -0.380. The maximum Gasteiger partial charge on any atom is 0.338 e. The molecule has 1 amide bonds. The van der Waals surface area contributed by atoms with Gasteiger partial charge in [0, 0.05) is 16.8 Å². The molecule has 194 valence electrons. The van der Waals surface area contributed by atoms with Crippen molar-refractivity contribution in [1.29, 1.82) is 0 Å². The minimum absolute atomic E-state index is 0.187. The van der Waals surface area contributed by atoms with Crippen molar-refractivity contribution in [2.75, 3.05) is 19.0 Å². The number of amides is 1. The Hall–Kier alpha value is -3.45. The van der Waals surface area contributed by atoms with E-state index in [9.17, 15) is 9.59 Å². The van der Waals surface area contributed by atoms with Crippen molar-refractivity contribution in [3.8, 4) is 5.75 Å². The second-order valence-electron chi connectivity index (χ2n) is 10.3. The first-order chi connectivity index (χ1) is 17.7. The van der Waals surface area contributed by atoms with Crippen molar-refractivity contribution in [3.05, 3.63) is 75.7 Å². The van der Waals surface area contributed by atoms with E-state index in [1.165, 1.54) is 4.88 Å². The van der Waals surface area contributed by atoms with Gasteiger partial charge >= 0.3 is 5.97 Å². The summed E-state index contributed by atoms with van der Waals surface area (Å²) in [5.74, 6) is 0.745. The third-order valence-corrected chi connectivity index (χ3v) is 7.94. The molecule has 1 N–H and O–H groups in total. The maximum absolute atomic E-state index is 13.6. The number of anilines is 1. The van der Waals surface area contributed by atoms with Gasteiger partial charge in [0.15, 0.2) is 0 Å². The SMILES string of the molecule is CCOC(=O)c1ccc(NC(=O)c2c(N=Cc3cccc(OC)c3)sc3c2CCC(C(C)(C)C)C3)cc1. The zero-order chi connectivity index (χ0) is 26.6. The van der Waals surface area contributed by atoms with Crippen molar-refractivity contribution in [2.24, 2.45) is 16.3 Å². The molecule has 1 unspecified atom stereocenters. The lowest BCUT2D eigenvalue weighted by molar-refractivity contribution is 0.0526. The Morgan fingerprint density at radius 2 is 1.92 bits per heavy atom. The van der Waals surface area contributed by atoms with Crippen molar-refractivity contribution in [2.45, 2.75) is 47.0 Å². The predicted molar refractivity (Wildman–Crippen MR) is 150 cm³/mol. The molecule has 0 fully saturated rings. The molecule has 1 atom stereocenters. The monoisotopic (exact) mass is 518 g/mol. The number of nitrogens with one attached hydrogen (secondary N) is 1. The molecule has 0 spiro atoms. The van der Waals surface area contributed by atoms with E-state index in [-0.39, 0.29) is 17.3 Å². The van der Waals surface area contributed by atoms with E-state index in [1.54, 1.807) is 55.9 Å². The van der Waals surface area contributed by atoms with Crippen LogP contribution in [0.4, 0.5) is 10.7 Å². The molecule has 0 radical (unpaired) electrons. The van der Waals surface area contributed by atoms with E-state index in [4.69, 9.17) is 14.5 Å². The van der Waals surface area contributed by atoms with Crippen LogP contribution in [-0.2, 0) is 17.6 Å². The number of esters is 1. The summed E-state index contributed by atoms with van der Waals surface area (Å²) in [6.45, 7) is 8.94. The van der Waals surface area contributed by atoms with Crippen LogP contribution in [-0.4, -0.2) is 31.8 Å². The lowest BCUT2D eigenvalue weighted by atomic mass is 9.72. The van der Waals surface area contributed by atoms with Gasteiger partial charge in [-0.1, -0.05) is 32.9 Å². The third-order valence-electron chi connectivity index (χ3n) is 6.78. The van der Waals surface area contributed by atoms with E-state index in [0.29, 0.717) is 34.3 Å². The van der Waals surface area contributed by atoms with Gasteiger partial charge in [-0.3, -0.25) is 4.79 Å². The molecular weight excluding hydrogens is 484 g/mol. The van der Waals surface area contributed by atoms with Gasteiger partial charge in [0.25, 0.3) is 5.91 Å². The molecule has 37 heavy (non-hydrogen) atoms. The molecule has 1 heterocycles. The normalized spacial score (nSPS) is 15.3. The van der Waals surface area contributed by atoms with Gasteiger partial charge in [-0.25, -0.2) is 9.79 Å². The van der Waals surface area contributed by atoms with Gasteiger partial charge in [0.1, 0.15) is 10.8 Å². The second-order valence-corrected chi connectivity index (χ2v) is 11.4. The first-order valence-corrected chi connectivity index (χ1v) is 13.4. The Bertz CT molecular complexity index is 1300. The van der Waals surface area contributed by atoms with Crippen molar-refractivity contribution in [1.82, 2.24) is 0 Å². The van der Waals surface area contributed by atoms with Crippen molar-refractivity contribution < 1.29 is 19.1 Å². The van der Waals surface area contributed by atoms with Gasteiger partial charge in [0.05, 0.1) is 24.8 Å². The summed E-state index contributed by atoms with van der Waals surface area (Å²) in [7, 11) is 1.64. The van der Waals surface area contributed by atoms with Crippen molar-refractivity contribution >= 4 is 40.1 Å². The molecule has 1 aliphatic rings. The molecule has 1 aromatic heterocycles. The summed E-state index contributed by atoms with van der Waals surface area (Å²) in [6.07, 6.45) is 4.63. The zero-order valence-electron chi connectivity index (χ0n) is 22.1. The molecule has 2 aromatic carbocycles. The molecule has 0 bridgehead atoms. The number of thiophene rings is 1. The van der Waals surface area contributed by atoms with Crippen LogP contribution in [0, 0.1) is 11.3 Å². The van der Waals surface area contributed by atoms with Crippen LogP contribution in [0.5, 0.6) is 5.75 Å². The van der Waals surface area contributed by atoms with E-state index in [2.05, 4.69) is 26.1 Å². The van der Waals surface area contributed by atoms with Crippen LogP contribution in [0.3, 0.4) is 0 Å². The predicted octanol–water partition coefficient (Wildman–Crippen LogP) is 7.09. The van der Waals surface area contributed by atoms with Crippen LogP contribution in [0.15, 0.2) is 53.5 Å². The Morgan fingerprint density at radius 3 is 2.59 bits per heavy atom. The van der Waals surface area contributed by atoms with Crippen LogP contribution in [0.2, 0.25) is 0 Å². The smallest absolute Gasteiger partial charge is 0.338 e. The first-order valence-electron chi connectivity index (χ1n) is 12.6. The summed E-state index contributed by atoms with van der Waals surface area (Å²) in [4.78, 5) is 31.6. The maximum atomic E-state index is 13.6. The number of aliphatic imine (C=N–C) groups is 1. The summed E-state index contributed by atoms with van der Waals surface area (Å²) >= 11 is 1.61. The Balaban J connectivity index is 1.64. The number of rotatable bonds is 7. The van der Waals surface area contributed by atoms with Gasteiger partial charge in [-0.2, -0.15) is 0 Å². The fourth-order valence-electron chi connectivity index (χ4n) is 4.59. The largest absolute Gasteiger partial charge is 0.497 e. The van der Waals surface area contributed by atoms with Gasteiger partial charge in [-0.05, 0) is 85.0 Å². The number of nitrogens with zero attached hydrogens (tertiary/aromatic N) is 1. The second kappa shape index (κ2) is 11.3. The zero-order valence-corrected chi connectivity index (χ0v) is 22.9. The number of methoxy groups -OCH3 is 1. The van der Waals surface area contributed by atoms with Crippen molar-refractivity contribution in [3.63, 3.8) is 0 Å². The summed E-state index contributed by atoms with van der Waals surface area (Å²) in [5.41, 5.74) is 3.91. The van der Waals surface area contributed by atoms with Crippen LogP contribution < -0.4 is 10.1 Å². The lowest BCUT2D eigenvalue weighted by Gasteiger charge is -2.33. The quantitative estimate of drug-likeness (QED) is 0.268. The van der Waals surface area contributed by atoms with Gasteiger partial charge in [0.2, 0.25) is 0 Å². The number of fused-ring (bicyclic) bond motifs is 1. The number of hydrogen-bond donors (Lipinski definition) is 1. The third kappa shape index (κ3) is 6.28. The topological polar surface area (TPSA) is 77.0 Å². The average molecular weight is 519 g/mol. The minimum Gasteiger partial charge on any atom is -0.497 e. The summed E-state index contributed by atoms with van der Waals surface area (Å²) < 4.78 is 10.4. The molecule has 0 saturated heterocycles. The van der Waals surface area contributed by atoms with Crippen LogP contribution in [0.1, 0.15) is 70.8 Å². The van der Waals surface area contributed by atoms with E-state index >= 15 is 0 Å². The molecule has 4 rings (SSSR count). The Kier molecular flexibility index (Phi) is 8.13. The highest BCUT2D eigenvalue weighted by Gasteiger charge is 2.33. The molecule has 6 nitrogen and oxygen atoms in total. The highest BCUT2D eigenvalue weighted by atomic mass is 32.1. The van der Waals surface area contributed by atoms with E-state index < -0.39 is 0 Å². The number of ether oxygens (including phenoxy) is 2. The molecule has 7 heteroatoms. The molecule has 0 aliphatic heterocycles. The van der Waals surface area contributed by atoms with E-state index in [1.807, 2.05) is 24.3 Å². The fraction of sp³-hybridized carbons (Fsp3) is 0.367. The highest BCUT2D eigenvalue weighted by molar-refractivity contribution is 7.16. The Morgan fingerprint density at radius 1 is 1.16 bits per heavy atom. The van der Waals surface area contributed by atoms with Crippen LogP contribution in [0.25, 0.3) is 0 Å². The molecule has 1 aliphatic carbocycles. The molecule has 0 saturated carbocycles. The number of benzene rings is 2. The highest BCUT2D eigenvalue weighted by Crippen LogP contribution is 2.45. The summed E-state index contributed by atoms with van der Waals surface area (Å²) in [6, 6.07) is 14.4. The Labute approximate surface area is 222 Å². The van der Waals surface area contributed by atoms with E-state index in [0.717, 1.165) is 36.1 Å². The van der Waals surface area contributed by atoms with Gasteiger partial charge in [-0.15, -0.1) is 11.3 Å². The fourth-order valence-corrected chi connectivity index (χ4v) is 5.86. The number of carbonyl (C=O) groups is 2. The number of carbonyl (C=O) groups excluding carboxylic acids is 2. The first kappa shape index (κ1) is 26.6. The van der Waals surface area contributed by atoms with Gasteiger partial charge < -0.3 is 14.8 Å². The summed E-state index contributed by atoms with van der Waals surface area (Å²) in [5, 5.41) is 3.72. The molecule has 3 aromatic rings. The average Bonchev–Trinajstić information content (AvgIpc) is 3.25. The lowest BCUT2D eigenvalue weighted by Crippen LogP contribution is -2.27.